The van der Waals surface area contributed by atoms with Crippen molar-refractivity contribution in [1.82, 2.24) is 14.8 Å². The first-order valence-corrected chi connectivity index (χ1v) is 11.8. The molecule has 8 nitrogen and oxygen atoms in total. The van der Waals surface area contributed by atoms with Crippen LogP contribution in [0.1, 0.15) is 26.3 Å². The molecule has 1 aromatic heterocycles. The smallest absolute Gasteiger partial charge is 0.260 e. The standard InChI is InChI=1S/C26H24ClN5O3/c27-21-8-4-6-19-16-32(26(35)24(19)21)20-7-3-5-18(15-20)25(34)31-13-11-30(12-14-31)17-23(33)29-22-9-1-2-10-28-22/h1-10,15H,11-14,16-17H2,(H,28,29,33). The van der Waals surface area contributed by atoms with Gasteiger partial charge in [-0.2, -0.15) is 0 Å². The van der Waals surface area contributed by atoms with Gasteiger partial charge in [-0.05, 0) is 42.0 Å². The van der Waals surface area contributed by atoms with Crippen LogP contribution in [-0.2, 0) is 11.3 Å². The summed E-state index contributed by atoms with van der Waals surface area (Å²) in [5.74, 6) is 0.139. The van der Waals surface area contributed by atoms with Crippen molar-refractivity contribution < 1.29 is 14.4 Å². The first-order valence-electron chi connectivity index (χ1n) is 11.4. The van der Waals surface area contributed by atoms with Gasteiger partial charge in [-0.1, -0.05) is 35.9 Å². The molecule has 1 saturated heterocycles. The SMILES string of the molecule is O=C(CN1CCN(C(=O)c2cccc(N3Cc4cccc(Cl)c4C3=O)c2)CC1)Nc1ccccn1. The maximum Gasteiger partial charge on any atom is 0.260 e. The highest BCUT2D eigenvalue weighted by atomic mass is 35.5. The molecule has 0 aliphatic carbocycles. The van der Waals surface area contributed by atoms with Crippen LogP contribution in [0.15, 0.2) is 66.9 Å². The van der Waals surface area contributed by atoms with Crippen LogP contribution in [0.3, 0.4) is 0 Å². The summed E-state index contributed by atoms with van der Waals surface area (Å²) in [7, 11) is 0. The van der Waals surface area contributed by atoms with E-state index in [9.17, 15) is 14.4 Å². The number of anilines is 2. The lowest BCUT2D eigenvalue weighted by molar-refractivity contribution is -0.117. The van der Waals surface area contributed by atoms with E-state index in [1.165, 1.54) is 0 Å². The van der Waals surface area contributed by atoms with Crippen molar-refractivity contribution in [2.24, 2.45) is 0 Å². The Morgan fingerprint density at radius 3 is 2.51 bits per heavy atom. The number of hydrogen-bond donors (Lipinski definition) is 1. The molecule has 5 rings (SSSR count). The van der Waals surface area contributed by atoms with E-state index in [0.29, 0.717) is 60.4 Å². The predicted molar refractivity (Wildman–Crippen MR) is 134 cm³/mol. The molecule has 0 atom stereocenters. The zero-order chi connectivity index (χ0) is 24.4. The minimum Gasteiger partial charge on any atom is -0.336 e. The number of nitrogens with one attached hydrogen (secondary N) is 1. The molecule has 2 aliphatic heterocycles. The fraction of sp³-hybridized carbons (Fsp3) is 0.231. The molecule has 2 aromatic carbocycles. The fourth-order valence-corrected chi connectivity index (χ4v) is 4.72. The molecule has 0 unspecified atom stereocenters. The molecular formula is C26H24ClN5O3. The Hall–Kier alpha value is -3.75. The minimum absolute atomic E-state index is 0.0911. The van der Waals surface area contributed by atoms with Crippen LogP contribution in [0.5, 0.6) is 0 Å². The second kappa shape index (κ2) is 9.85. The first-order chi connectivity index (χ1) is 17.0. The molecular weight excluding hydrogens is 466 g/mol. The molecule has 178 valence electrons. The molecule has 0 spiro atoms. The summed E-state index contributed by atoms with van der Waals surface area (Å²) in [4.78, 5) is 48.0. The normalized spacial score (nSPS) is 15.7. The summed E-state index contributed by atoms with van der Waals surface area (Å²) in [5.41, 5.74) is 2.59. The quantitative estimate of drug-likeness (QED) is 0.594. The highest BCUT2D eigenvalue weighted by Gasteiger charge is 2.31. The zero-order valence-electron chi connectivity index (χ0n) is 19.0. The number of hydrogen-bond acceptors (Lipinski definition) is 5. The Labute approximate surface area is 208 Å². The van der Waals surface area contributed by atoms with Crippen molar-refractivity contribution in [2.75, 3.05) is 42.9 Å². The topological polar surface area (TPSA) is 85.9 Å². The molecule has 3 aromatic rings. The van der Waals surface area contributed by atoms with E-state index < -0.39 is 0 Å². The van der Waals surface area contributed by atoms with E-state index >= 15 is 0 Å². The van der Waals surface area contributed by atoms with Gasteiger partial charge in [-0.25, -0.2) is 4.98 Å². The van der Waals surface area contributed by atoms with Gasteiger partial charge in [0.05, 0.1) is 23.7 Å². The number of rotatable bonds is 5. The molecule has 35 heavy (non-hydrogen) atoms. The summed E-state index contributed by atoms with van der Waals surface area (Å²) in [6, 6.07) is 17.9. The van der Waals surface area contributed by atoms with Crippen molar-refractivity contribution in [3.8, 4) is 0 Å². The molecule has 3 heterocycles. The van der Waals surface area contributed by atoms with E-state index in [4.69, 9.17) is 11.6 Å². The van der Waals surface area contributed by atoms with Gasteiger partial charge in [0.1, 0.15) is 5.82 Å². The second-order valence-electron chi connectivity index (χ2n) is 8.55. The maximum absolute atomic E-state index is 13.2. The lowest BCUT2D eigenvalue weighted by Gasteiger charge is -2.34. The molecule has 1 fully saturated rings. The van der Waals surface area contributed by atoms with Gasteiger partial charge in [-0.3, -0.25) is 19.3 Å². The van der Waals surface area contributed by atoms with Crippen molar-refractivity contribution in [3.63, 3.8) is 0 Å². The minimum atomic E-state index is -0.159. The third kappa shape index (κ3) is 4.89. The number of aromatic nitrogens is 1. The van der Waals surface area contributed by atoms with Gasteiger partial charge in [0.15, 0.2) is 0 Å². The van der Waals surface area contributed by atoms with Gasteiger partial charge in [0.2, 0.25) is 5.91 Å². The Balaban J connectivity index is 1.19. The Kier molecular flexibility index (Phi) is 6.48. The maximum atomic E-state index is 13.2. The van der Waals surface area contributed by atoms with E-state index in [1.54, 1.807) is 52.4 Å². The number of nitrogens with zero attached hydrogens (tertiary/aromatic N) is 4. The van der Waals surface area contributed by atoms with Crippen LogP contribution in [0.25, 0.3) is 0 Å². The molecule has 1 N–H and O–H groups in total. The van der Waals surface area contributed by atoms with Gasteiger partial charge >= 0.3 is 0 Å². The zero-order valence-corrected chi connectivity index (χ0v) is 19.7. The van der Waals surface area contributed by atoms with Crippen LogP contribution >= 0.6 is 11.6 Å². The molecule has 0 saturated carbocycles. The second-order valence-corrected chi connectivity index (χ2v) is 8.95. The number of carbonyl (C=O) groups is 3. The van der Waals surface area contributed by atoms with E-state index in [1.807, 2.05) is 29.2 Å². The summed E-state index contributed by atoms with van der Waals surface area (Å²) < 4.78 is 0. The number of halogens is 1. The molecule has 0 bridgehead atoms. The Morgan fingerprint density at radius 2 is 1.77 bits per heavy atom. The van der Waals surface area contributed by atoms with E-state index in [0.717, 1.165) is 5.56 Å². The van der Waals surface area contributed by atoms with Crippen LogP contribution in [0.4, 0.5) is 11.5 Å². The predicted octanol–water partition coefficient (Wildman–Crippen LogP) is 3.29. The fourth-order valence-electron chi connectivity index (χ4n) is 4.45. The third-order valence-electron chi connectivity index (χ3n) is 6.25. The number of amides is 3. The molecule has 3 amide bonds. The van der Waals surface area contributed by atoms with Crippen molar-refractivity contribution >= 4 is 40.8 Å². The van der Waals surface area contributed by atoms with Gasteiger partial charge in [0, 0.05) is 43.6 Å². The molecule has 2 aliphatic rings. The first kappa shape index (κ1) is 23.0. The molecule has 9 heteroatoms. The average molecular weight is 490 g/mol. The lowest BCUT2D eigenvalue weighted by atomic mass is 10.1. The third-order valence-corrected chi connectivity index (χ3v) is 6.57. The lowest BCUT2D eigenvalue weighted by Crippen LogP contribution is -2.50. The summed E-state index contributed by atoms with van der Waals surface area (Å²) in [5, 5.41) is 3.22. The summed E-state index contributed by atoms with van der Waals surface area (Å²) in [6.45, 7) is 2.89. The van der Waals surface area contributed by atoms with Crippen LogP contribution < -0.4 is 10.2 Å². The monoisotopic (exact) mass is 489 g/mol. The summed E-state index contributed by atoms with van der Waals surface area (Å²) in [6.07, 6.45) is 1.63. The average Bonchev–Trinajstić information content (AvgIpc) is 3.22. The highest BCUT2D eigenvalue weighted by molar-refractivity contribution is 6.35. The largest absolute Gasteiger partial charge is 0.336 e. The number of fused-ring (bicyclic) bond motifs is 1. The van der Waals surface area contributed by atoms with E-state index in [2.05, 4.69) is 10.3 Å². The van der Waals surface area contributed by atoms with Crippen LogP contribution in [-0.4, -0.2) is 65.2 Å². The van der Waals surface area contributed by atoms with Gasteiger partial charge in [0.25, 0.3) is 11.8 Å². The number of piperazine rings is 1. The van der Waals surface area contributed by atoms with Crippen molar-refractivity contribution in [1.29, 1.82) is 0 Å². The van der Waals surface area contributed by atoms with Crippen LogP contribution in [0.2, 0.25) is 5.02 Å². The Morgan fingerprint density at radius 1 is 0.971 bits per heavy atom. The van der Waals surface area contributed by atoms with Crippen molar-refractivity contribution in [3.05, 3.63) is 88.6 Å². The van der Waals surface area contributed by atoms with Gasteiger partial charge in [-0.15, -0.1) is 0 Å². The highest BCUT2D eigenvalue weighted by Crippen LogP contribution is 2.33. The number of carbonyl (C=O) groups excluding carboxylic acids is 3. The number of pyridine rings is 1. The van der Waals surface area contributed by atoms with E-state index in [-0.39, 0.29) is 24.3 Å². The van der Waals surface area contributed by atoms with Gasteiger partial charge < -0.3 is 15.1 Å². The molecule has 0 radical (unpaired) electrons. The summed E-state index contributed by atoms with van der Waals surface area (Å²) >= 11 is 6.24. The van der Waals surface area contributed by atoms with Crippen molar-refractivity contribution in [2.45, 2.75) is 6.54 Å². The van der Waals surface area contributed by atoms with Crippen LogP contribution in [0, 0.1) is 0 Å². The number of benzene rings is 2. The Bertz CT molecular complexity index is 1270.